The van der Waals surface area contributed by atoms with E-state index in [0.29, 0.717) is 18.9 Å². The fraction of sp³-hybridized carbons (Fsp3) is 0.231. The molecule has 0 saturated carbocycles. The minimum Gasteiger partial charge on any atom is -0.270 e. The number of sulfonamides is 1. The van der Waals surface area contributed by atoms with Gasteiger partial charge in [-0.3, -0.25) is 10.6 Å². The van der Waals surface area contributed by atoms with Gasteiger partial charge in [-0.05, 0) is 12.1 Å². The average Bonchev–Trinajstić information content (AvgIpc) is 2.51. The molecule has 0 aromatic carbocycles. The fourth-order valence-corrected chi connectivity index (χ4v) is 2.57. The van der Waals surface area contributed by atoms with Crippen molar-refractivity contribution in [3.63, 3.8) is 0 Å². The molecule has 0 aliphatic heterocycles. The van der Waals surface area contributed by atoms with Gasteiger partial charge in [0.05, 0.1) is 5.56 Å². The molecular weight excluding hydrogens is 383 g/mol. The first-order chi connectivity index (χ1) is 11.6. The van der Waals surface area contributed by atoms with Gasteiger partial charge >= 0.3 is 6.18 Å². The second-order valence-corrected chi connectivity index (χ2v) is 6.91. The number of hydrogen-bond donors (Lipinski definition) is 3. The molecule has 0 spiro atoms. The monoisotopic (exact) mass is 397 g/mol. The van der Waals surface area contributed by atoms with Gasteiger partial charge in [0.2, 0.25) is 10.0 Å². The number of H-pyrrole nitrogens is 2. The lowest BCUT2D eigenvalue weighted by Crippen LogP contribution is -2.23. The molecule has 2 aromatic heterocycles. The van der Waals surface area contributed by atoms with Crippen molar-refractivity contribution < 1.29 is 31.6 Å². The average molecular weight is 398 g/mol. The lowest BCUT2D eigenvalue weighted by atomic mass is 10.3. The molecule has 0 amide bonds. The second-order valence-electron chi connectivity index (χ2n) is 4.95. The van der Waals surface area contributed by atoms with Crippen LogP contribution >= 0.6 is 11.6 Å². The Kier molecular flexibility index (Phi) is 5.70. The Hall–Kier alpha value is -2.11. The summed E-state index contributed by atoms with van der Waals surface area (Å²) < 4.78 is 59.9. The number of pyridine rings is 2. The third-order valence-corrected chi connectivity index (χ3v) is 4.28. The van der Waals surface area contributed by atoms with E-state index in [1.54, 1.807) is 0 Å². The lowest BCUT2D eigenvalue weighted by Gasteiger charge is -2.06. The van der Waals surface area contributed by atoms with Crippen molar-refractivity contribution in [2.45, 2.75) is 11.1 Å². The van der Waals surface area contributed by atoms with E-state index in [9.17, 15) is 21.6 Å². The Bertz CT molecular complexity index is 844. The third-order valence-electron chi connectivity index (χ3n) is 3.08. The van der Waals surface area contributed by atoms with E-state index in [1.165, 1.54) is 18.3 Å². The summed E-state index contributed by atoms with van der Waals surface area (Å²) in [6.07, 6.45) is -2.41. The van der Waals surface area contributed by atoms with Gasteiger partial charge in [0.1, 0.15) is 35.4 Å². The molecule has 6 N–H and O–H groups in total. The number of aromatic nitrogens is 2. The van der Waals surface area contributed by atoms with Crippen LogP contribution in [0.15, 0.2) is 35.5 Å². The molecule has 0 saturated heterocycles. The Morgan fingerprint density at radius 3 is 2.32 bits per heavy atom. The summed E-state index contributed by atoms with van der Waals surface area (Å²) in [6.45, 7) is 0.725. The van der Waals surface area contributed by atoms with Crippen LogP contribution in [0, 0.1) is 0 Å². The maximum Gasteiger partial charge on any atom is 0.419 e. The van der Waals surface area contributed by atoms with Crippen LogP contribution in [-0.4, -0.2) is 21.5 Å². The normalized spacial score (nSPS) is 12.0. The minimum atomic E-state index is -4.47. The summed E-state index contributed by atoms with van der Waals surface area (Å²) >= 11 is 5.80. The predicted octanol–water partition coefficient (Wildman–Crippen LogP) is 1.16. The zero-order chi connectivity index (χ0) is 18.7. The number of halogens is 4. The molecule has 0 fully saturated rings. The Morgan fingerprint density at radius 2 is 1.80 bits per heavy atom. The molecule has 0 aliphatic carbocycles. The summed E-state index contributed by atoms with van der Waals surface area (Å²) in [5.41, 5.74) is -0.870. The molecule has 25 heavy (non-hydrogen) atoms. The van der Waals surface area contributed by atoms with E-state index >= 15 is 0 Å². The first kappa shape index (κ1) is 19.2. The number of aromatic amines is 2. The molecule has 7 nitrogen and oxygen atoms in total. The van der Waals surface area contributed by atoms with Crippen LogP contribution in [-0.2, 0) is 16.2 Å². The number of nitrogens with two attached hydrogens (primary N) is 1. The van der Waals surface area contributed by atoms with E-state index in [1.807, 2.05) is 0 Å². The molecule has 2 aromatic rings. The Balaban J connectivity index is 1.87. The summed E-state index contributed by atoms with van der Waals surface area (Å²) in [5.74, 6) is 0.793. The van der Waals surface area contributed by atoms with Crippen LogP contribution < -0.4 is 25.7 Å². The van der Waals surface area contributed by atoms with Crippen molar-refractivity contribution in [2.75, 3.05) is 23.7 Å². The van der Waals surface area contributed by atoms with E-state index in [0.717, 1.165) is 12.3 Å². The number of nitrogens with one attached hydrogen (secondary N) is 4. The lowest BCUT2D eigenvalue weighted by molar-refractivity contribution is -0.365. The molecular formula is C13H15ClF3N5O2S+2. The molecule has 0 unspecified atom stereocenters. The highest BCUT2D eigenvalue weighted by molar-refractivity contribution is 7.89. The van der Waals surface area contributed by atoms with Crippen molar-refractivity contribution >= 4 is 33.3 Å². The maximum atomic E-state index is 12.5. The predicted molar refractivity (Wildman–Crippen MR) is 84.4 cm³/mol. The molecule has 136 valence electrons. The van der Waals surface area contributed by atoms with Crippen LogP contribution in [0.3, 0.4) is 0 Å². The summed E-state index contributed by atoms with van der Waals surface area (Å²) in [7, 11) is -3.77. The van der Waals surface area contributed by atoms with Gasteiger partial charge < -0.3 is 0 Å². The third kappa shape index (κ3) is 5.44. The van der Waals surface area contributed by atoms with Gasteiger partial charge in [-0.2, -0.15) is 13.2 Å². The maximum absolute atomic E-state index is 12.5. The van der Waals surface area contributed by atoms with Crippen molar-refractivity contribution in [1.29, 1.82) is 0 Å². The quantitative estimate of drug-likeness (QED) is 0.635. The van der Waals surface area contributed by atoms with Gasteiger partial charge in [0.25, 0.3) is 11.6 Å². The van der Waals surface area contributed by atoms with Gasteiger partial charge in [-0.1, -0.05) is 11.6 Å². The molecule has 0 aliphatic rings. The van der Waals surface area contributed by atoms with Crippen LogP contribution in [0.25, 0.3) is 0 Å². The molecule has 12 heteroatoms. The van der Waals surface area contributed by atoms with E-state index in [2.05, 4.69) is 20.6 Å². The highest BCUT2D eigenvalue weighted by Gasteiger charge is 2.32. The molecule has 0 bridgehead atoms. The Morgan fingerprint density at radius 1 is 1.12 bits per heavy atom. The van der Waals surface area contributed by atoms with Crippen molar-refractivity contribution in [3.8, 4) is 0 Å². The van der Waals surface area contributed by atoms with Crippen LogP contribution in [0.5, 0.6) is 0 Å². The summed E-state index contributed by atoms with van der Waals surface area (Å²) in [4.78, 5) is 5.12. The molecule has 2 heterocycles. The minimum absolute atomic E-state index is 0.0534. The topological polar surface area (TPSA) is 112 Å². The van der Waals surface area contributed by atoms with Crippen LogP contribution in [0.4, 0.5) is 24.8 Å². The summed E-state index contributed by atoms with van der Waals surface area (Å²) in [5, 5.41) is 10.7. The fourth-order valence-electron chi connectivity index (χ4n) is 1.85. The van der Waals surface area contributed by atoms with Gasteiger partial charge in [-0.15, -0.1) is 0 Å². The smallest absolute Gasteiger partial charge is 0.270 e. The zero-order valence-corrected chi connectivity index (χ0v) is 14.2. The van der Waals surface area contributed by atoms with Crippen molar-refractivity contribution in [2.24, 2.45) is 5.14 Å². The van der Waals surface area contributed by atoms with Crippen LogP contribution in [0.2, 0.25) is 5.02 Å². The number of primary sulfonamides is 1. The summed E-state index contributed by atoms with van der Waals surface area (Å²) in [6, 6.07) is 3.66. The number of alkyl halides is 3. The number of anilines is 2. The van der Waals surface area contributed by atoms with Gasteiger partial charge in [0, 0.05) is 6.07 Å². The first-order valence-electron chi connectivity index (χ1n) is 6.88. The molecule has 0 atom stereocenters. The van der Waals surface area contributed by atoms with Crippen molar-refractivity contribution in [1.82, 2.24) is 0 Å². The SMILES string of the molecule is NS(=O)(=O)c1ccc(NCCNc2[nH+]cc(C(F)(F)F)cc2Cl)[nH+]c1. The van der Waals surface area contributed by atoms with E-state index in [-0.39, 0.29) is 15.7 Å². The number of hydrogen-bond acceptors (Lipinski definition) is 4. The Labute approximate surface area is 146 Å². The number of rotatable bonds is 6. The largest absolute Gasteiger partial charge is 0.419 e. The van der Waals surface area contributed by atoms with Crippen LogP contribution in [0.1, 0.15) is 5.56 Å². The van der Waals surface area contributed by atoms with E-state index in [4.69, 9.17) is 16.7 Å². The van der Waals surface area contributed by atoms with Gasteiger partial charge in [0.15, 0.2) is 0 Å². The van der Waals surface area contributed by atoms with E-state index < -0.39 is 21.8 Å². The standard InChI is InChI=1S/C13H13ClF3N5O2S/c14-10-5-8(13(15,16)17)6-22-12(10)20-4-3-19-11-2-1-9(7-21-11)25(18,23)24/h1-2,5-7H,3-4H2,(H,19,21)(H,20,22)(H2,18,23,24)/p+2. The highest BCUT2D eigenvalue weighted by Crippen LogP contribution is 2.30. The van der Waals surface area contributed by atoms with Crippen molar-refractivity contribution in [3.05, 3.63) is 41.2 Å². The van der Waals surface area contributed by atoms with Gasteiger partial charge in [-0.25, -0.2) is 23.5 Å². The highest BCUT2D eigenvalue weighted by atomic mass is 35.5. The second kappa shape index (κ2) is 7.42. The molecule has 0 radical (unpaired) electrons. The molecule has 2 rings (SSSR count). The zero-order valence-electron chi connectivity index (χ0n) is 12.6. The first-order valence-corrected chi connectivity index (χ1v) is 8.80.